The van der Waals surface area contributed by atoms with Crippen LogP contribution in [0.4, 0.5) is 39.5 Å². The average Bonchev–Trinajstić information content (AvgIpc) is 2.92. The minimum absolute atomic E-state index is 0.00534. The van der Waals surface area contributed by atoms with Crippen molar-refractivity contribution in [2.24, 2.45) is 17.8 Å². The topological polar surface area (TPSA) is 52.6 Å². The molecule has 2 aliphatic carbocycles. The highest BCUT2D eigenvalue weighted by Gasteiger charge is 2.49. The summed E-state index contributed by atoms with van der Waals surface area (Å²) in [7, 11) is -6.63. The van der Waals surface area contributed by atoms with Gasteiger partial charge >= 0.3 is 22.0 Å². The standard InChI is InChI=1S/C29H31F9O4S/c1-2-3-16-4-6-17(7-5-16)18-8-10-19(11-9-18)20-12-13-21(25(31)24(20)30)22-14-15-23(41-28(33,34)35)26(32)27(22)42-43(39,40)29(36,37)38/h12-19H,2-11H2,1H3. The van der Waals surface area contributed by atoms with E-state index >= 15 is 8.78 Å². The molecule has 0 unspecified atom stereocenters. The van der Waals surface area contributed by atoms with Crippen molar-refractivity contribution in [3.63, 3.8) is 0 Å². The Morgan fingerprint density at radius 1 is 0.744 bits per heavy atom. The summed E-state index contributed by atoms with van der Waals surface area (Å²) in [5.41, 5.74) is -8.10. The Labute approximate surface area is 243 Å². The first-order valence-corrected chi connectivity index (χ1v) is 15.5. The molecule has 2 saturated carbocycles. The maximum Gasteiger partial charge on any atom is 0.573 e. The van der Waals surface area contributed by atoms with Crippen LogP contribution in [0.5, 0.6) is 11.5 Å². The van der Waals surface area contributed by atoms with E-state index < -0.39 is 62.1 Å². The first-order valence-electron chi connectivity index (χ1n) is 14.1. The molecule has 0 aliphatic heterocycles. The molecule has 2 fully saturated rings. The SMILES string of the molecule is CCCC1CCC(C2CCC(c3ccc(-c4ccc(OC(F)(F)F)c(F)c4OS(=O)(=O)C(F)(F)F)c(F)c3F)CC2)CC1. The molecule has 0 heterocycles. The Kier molecular flexibility index (Phi) is 9.87. The third-order valence-corrected chi connectivity index (χ3v) is 9.59. The molecule has 0 aromatic heterocycles. The molecule has 14 heteroatoms. The molecule has 0 spiro atoms. The van der Waals surface area contributed by atoms with E-state index in [0.717, 1.165) is 50.2 Å². The van der Waals surface area contributed by atoms with Gasteiger partial charge in [0.05, 0.1) is 0 Å². The predicted octanol–water partition coefficient (Wildman–Crippen LogP) is 9.78. The number of hydrogen-bond donors (Lipinski definition) is 0. The lowest BCUT2D eigenvalue weighted by molar-refractivity contribution is -0.275. The van der Waals surface area contributed by atoms with E-state index in [2.05, 4.69) is 15.8 Å². The summed E-state index contributed by atoms with van der Waals surface area (Å²) in [5.74, 6) is -7.55. The maximum absolute atomic E-state index is 15.4. The zero-order valence-electron chi connectivity index (χ0n) is 23.1. The van der Waals surface area contributed by atoms with Gasteiger partial charge in [-0.15, -0.1) is 13.2 Å². The summed E-state index contributed by atoms with van der Waals surface area (Å²) >= 11 is 0. The molecule has 0 N–H and O–H groups in total. The van der Waals surface area contributed by atoms with E-state index in [0.29, 0.717) is 30.7 Å². The maximum atomic E-state index is 15.4. The van der Waals surface area contributed by atoms with Crippen molar-refractivity contribution < 1.29 is 56.9 Å². The van der Waals surface area contributed by atoms with Crippen LogP contribution < -0.4 is 8.92 Å². The van der Waals surface area contributed by atoms with Gasteiger partial charge in [0.2, 0.25) is 5.82 Å². The fourth-order valence-electron chi connectivity index (χ4n) is 6.54. The first-order chi connectivity index (χ1) is 20.0. The Morgan fingerprint density at radius 2 is 1.30 bits per heavy atom. The summed E-state index contributed by atoms with van der Waals surface area (Å²) in [6.45, 7) is 2.18. The molecule has 4 nitrogen and oxygen atoms in total. The number of hydrogen-bond acceptors (Lipinski definition) is 4. The fourth-order valence-corrected chi connectivity index (χ4v) is 7.01. The number of alkyl halides is 6. The van der Waals surface area contributed by atoms with Gasteiger partial charge in [0.25, 0.3) is 0 Å². The van der Waals surface area contributed by atoms with Crippen LogP contribution >= 0.6 is 0 Å². The van der Waals surface area contributed by atoms with E-state index in [-0.39, 0.29) is 17.5 Å². The predicted molar refractivity (Wildman–Crippen MR) is 139 cm³/mol. The van der Waals surface area contributed by atoms with Crippen molar-refractivity contribution in [1.82, 2.24) is 0 Å². The third-order valence-electron chi connectivity index (χ3n) is 8.63. The van der Waals surface area contributed by atoms with Crippen LogP contribution in [-0.2, 0) is 10.1 Å². The lowest BCUT2D eigenvalue weighted by atomic mass is 9.68. The highest BCUT2D eigenvalue weighted by molar-refractivity contribution is 7.88. The van der Waals surface area contributed by atoms with E-state index in [4.69, 9.17) is 0 Å². The van der Waals surface area contributed by atoms with Gasteiger partial charge in [-0.1, -0.05) is 44.7 Å². The molecule has 0 amide bonds. The summed E-state index contributed by atoms with van der Waals surface area (Å²) < 4.78 is 153. The van der Waals surface area contributed by atoms with Gasteiger partial charge in [0.15, 0.2) is 23.1 Å². The van der Waals surface area contributed by atoms with E-state index in [1.807, 2.05) is 0 Å². The van der Waals surface area contributed by atoms with E-state index in [1.54, 1.807) is 0 Å². The second-order valence-electron chi connectivity index (χ2n) is 11.3. The van der Waals surface area contributed by atoms with Crippen LogP contribution in [0.1, 0.15) is 82.6 Å². The van der Waals surface area contributed by atoms with Gasteiger partial charge in [-0.2, -0.15) is 26.0 Å². The first kappa shape index (κ1) is 33.3. The second-order valence-corrected chi connectivity index (χ2v) is 12.8. The minimum atomic E-state index is -6.63. The fraction of sp³-hybridized carbons (Fsp3) is 0.586. The highest BCUT2D eigenvalue weighted by atomic mass is 32.2. The molecular weight excluding hydrogens is 615 g/mol. The molecular formula is C29H31F9O4S. The molecule has 2 aromatic carbocycles. The summed E-state index contributed by atoms with van der Waals surface area (Å²) in [5, 5.41) is 0. The zero-order chi connectivity index (χ0) is 31.7. The summed E-state index contributed by atoms with van der Waals surface area (Å²) in [6.07, 6.45) is 4.33. The third kappa shape index (κ3) is 7.54. The molecule has 0 radical (unpaired) electrons. The summed E-state index contributed by atoms with van der Waals surface area (Å²) in [6, 6.07) is 2.80. The molecule has 0 saturated heterocycles. The van der Waals surface area contributed by atoms with Crippen molar-refractivity contribution in [2.45, 2.75) is 88.9 Å². The number of benzene rings is 2. The molecule has 43 heavy (non-hydrogen) atoms. The quantitative estimate of drug-likeness (QED) is 0.163. The van der Waals surface area contributed by atoms with Crippen LogP contribution in [0.15, 0.2) is 24.3 Å². The van der Waals surface area contributed by atoms with Gasteiger partial charge in [-0.05, 0) is 79.9 Å². The Balaban J connectivity index is 1.59. The molecule has 2 aliphatic rings. The van der Waals surface area contributed by atoms with Gasteiger partial charge in [0.1, 0.15) is 0 Å². The minimum Gasteiger partial charge on any atom is -0.402 e. The van der Waals surface area contributed by atoms with Gasteiger partial charge in [-0.3, -0.25) is 0 Å². The van der Waals surface area contributed by atoms with Crippen molar-refractivity contribution in [2.75, 3.05) is 0 Å². The van der Waals surface area contributed by atoms with Crippen LogP contribution in [0, 0.1) is 35.2 Å². The summed E-state index contributed by atoms with van der Waals surface area (Å²) in [4.78, 5) is 0. The highest BCUT2D eigenvalue weighted by Crippen LogP contribution is 2.47. The second kappa shape index (κ2) is 12.8. The Bertz CT molecular complexity index is 1390. The lowest BCUT2D eigenvalue weighted by Gasteiger charge is -2.38. The lowest BCUT2D eigenvalue weighted by Crippen LogP contribution is -2.28. The van der Waals surface area contributed by atoms with Crippen molar-refractivity contribution in [3.05, 3.63) is 47.3 Å². The van der Waals surface area contributed by atoms with Crippen LogP contribution in [-0.4, -0.2) is 20.3 Å². The molecule has 0 bridgehead atoms. The Morgan fingerprint density at radius 3 is 1.84 bits per heavy atom. The van der Waals surface area contributed by atoms with Crippen LogP contribution in [0.3, 0.4) is 0 Å². The number of ether oxygens (including phenoxy) is 1. The molecule has 240 valence electrons. The Hall–Kier alpha value is -2.64. The van der Waals surface area contributed by atoms with E-state index in [1.165, 1.54) is 19.3 Å². The normalized spacial score (nSPS) is 23.7. The number of halogens is 9. The largest absolute Gasteiger partial charge is 0.573 e. The molecule has 4 rings (SSSR count). The molecule has 0 atom stereocenters. The van der Waals surface area contributed by atoms with Gasteiger partial charge in [-0.25, -0.2) is 8.78 Å². The molecule has 2 aromatic rings. The van der Waals surface area contributed by atoms with Crippen molar-refractivity contribution >= 4 is 10.1 Å². The average molecular weight is 647 g/mol. The van der Waals surface area contributed by atoms with Gasteiger partial charge < -0.3 is 8.92 Å². The van der Waals surface area contributed by atoms with Crippen molar-refractivity contribution in [3.8, 4) is 22.6 Å². The van der Waals surface area contributed by atoms with Gasteiger partial charge in [0, 0.05) is 11.1 Å². The monoisotopic (exact) mass is 646 g/mol. The zero-order valence-corrected chi connectivity index (χ0v) is 23.9. The smallest absolute Gasteiger partial charge is 0.402 e. The van der Waals surface area contributed by atoms with Crippen LogP contribution in [0.25, 0.3) is 11.1 Å². The van der Waals surface area contributed by atoms with Crippen molar-refractivity contribution in [1.29, 1.82) is 0 Å². The van der Waals surface area contributed by atoms with E-state index in [9.17, 15) is 39.2 Å². The van der Waals surface area contributed by atoms with Crippen LogP contribution in [0.2, 0.25) is 0 Å². The number of rotatable bonds is 8.